The summed E-state index contributed by atoms with van der Waals surface area (Å²) in [5.74, 6) is 1.10. The average Bonchev–Trinajstić information content (AvgIpc) is 2.19. The summed E-state index contributed by atoms with van der Waals surface area (Å²) in [6.07, 6.45) is 3.00. The molecule has 0 aromatic heterocycles. The third-order valence-electron chi connectivity index (χ3n) is 2.00. The second kappa shape index (κ2) is 5.89. The SMILES string of the molecule is C=CCCSc1ccc(C(C)N)cc1. The minimum absolute atomic E-state index is 0.127. The highest BCUT2D eigenvalue weighted by atomic mass is 32.2. The first-order chi connectivity index (χ1) is 6.74. The zero-order chi connectivity index (χ0) is 10.4. The molecule has 1 rings (SSSR count). The van der Waals surface area contributed by atoms with Crippen molar-refractivity contribution < 1.29 is 0 Å². The molecule has 0 aliphatic heterocycles. The highest BCUT2D eigenvalue weighted by Gasteiger charge is 1.98. The lowest BCUT2D eigenvalue weighted by molar-refractivity contribution is 0.817. The average molecular weight is 207 g/mol. The van der Waals surface area contributed by atoms with Crippen molar-refractivity contribution >= 4 is 11.8 Å². The maximum absolute atomic E-state index is 5.77. The van der Waals surface area contributed by atoms with Crippen LogP contribution in [0.5, 0.6) is 0 Å². The van der Waals surface area contributed by atoms with Crippen LogP contribution in [0, 0.1) is 0 Å². The molecule has 1 atom stereocenters. The van der Waals surface area contributed by atoms with E-state index in [2.05, 4.69) is 30.8 Å². The molecule has 1 aromatic rings. The van der Waals surface area contributed by atoms with E-state index < -0.39 is 0 Å². The topological polar surface area (TPSA) is 26.0 Å². The Morgan fingerprint density at radius 3 is 2.57 bits per heavy atom. The predicted molar refractivity (Wildman–Crippen MR) is 64.6 cm³/mol. The van der Waals surface area contributed by atoms with Crippen molar-refractivity contribution in [1.29, 1.82) is 0 Å². The fourth-order valence-corrected chi connectivity index (χ4v) is 1.98. The van der Waals surface area contributed by atoms with Crippen molar-refractivity contribution in [3.63, 3.8) is 0 Å². The molecule has 0 bridgehead atoms. The van der Waals surface area contributed by atoms with Gasteiger partial charge >= 0.3 is 0 Å². The molecule has 0 amide bonds. The van der Waals surface area contributed by atoms with Gasteiger partial charge in [0, 0.05) is 16.7 Å². The van der Waals surface area contributed by atoms with E-state index in [0.29, 0.717) is 0 Å². The van der Waals surface area contributed by atoms with E-state index in [1.165, 1.54) is 10.5 Å². The Hall–Kier alpha value is -0.730. The van der Waals surface area contributed by atoms with Crippen molar-refractivity contribution in [3.05, 3.63) is 42.5 Å². The zero-order valence-electron chi connectivity index (χ0n) is 8.57. The van der Waals surface area contributed by atoms with Gasteiger partial charge in [-0.05, 0) is 31.0 Å². The predicted octanol–water partition coefficient (Wildman–Crippen LogP) is 3.37. The lowest BCUT2D eigenvalue weighted by Gasteiger charge is -2.06. The van der Waals surface area contributed by atoms with Gasteiger partial charge in [0.25, 0.3) is 0 Å². The first-order valence-electron chi connectivity index (χ1n) is 4.83. The van der Waals surface area contributed by atoms with Gasteiger partial charge in [-0.2, -0.15) is 0 Å². The van der Waals surface area contributed by atoms with E-state index >= 15 is 0 Å². The maximum Gasteiger partial charge on any atom is 0.0266 e. The Balaban J connectivity index is 2.51. The van der Waals surface area contributed by atoms with Gasteiger partial charge in [-0.15, -0.1) is 18.3 Å². The molecule has 0 spiro atoms. The molecule has 2 heteroatoms. The van der Waals surface area contributed by atoms with E-state index in [0.717, 1.165) is 12.2 Å². The maximum atomic E-state index is 5.77. The summed E-state index contributed by atoms with van der Waals surface area (Å²) in [7, 11) is 0. The van der Waals surface area contributed by atoms with E-state index in [4.69, 9.17) is 5.73 Å². The lowest BCUT2D eigenvalue weighted by atomic mass is 10.1. The molecule has 0 aliphatic carbocycles. The molecule has 0 saturated heterocycles. The Morgan fingerprint density at radius 1 is 1.43 bits per heavy atom. The van der Waals surface area contributed by atoms with Gasteiger partial charge in [0.1, 0.15) is 0 Å². The minimum Gasteiger partial charge on any atom is -0.324 e. The highest BCUT2D eigenvalue weighted by molar-refractivity contribution is 7.99. The Labute approximate surface area is 90.4 Å². The highest BCUT2D eigenvalue weighted by Crippen LogP contribution is 2.20. The fourth-order valence-electron chi connectivity index (χ4n) is 1.13. The van der Waals surface area contributed by atoms with E-state index in [1.54, 1.807) is 0 Å². The molecule has 14 heavy (non-hydrogen) atoms. The molecule has 0 radical (unpaired) electrons. The molecule has 0 saturated carbocycles. The first kappa shape index (κ1) is 11.3. The van der Waals surface area contributed by atoms with Crippen LogP contribution in [-0.4, -0.2) is 5.75 Å². The first-order valence-corrected chi connectivity index (χ1v) is 5.82. The number of allylic oxidation sites excluding steroid dienone is 1. The van der Waals surface area contributed by atoms with Crippen molar-refractivity contribution in [2.45, 2.75) is 24.3 Å². The molecule has 0 fully saturated rings. The Morgan fingerprint density at radius 2 is 2.07 bits per heavy atom. The lowest BCUT2D eigenvalue weighted by Crippen LogP contribution is -2.04. The number of hydrogen-bond acceptors (Lipinski definition) is 2. The number of benzene rings is 1. The molecule has 0 aliphatic rings. The van der Waals surface area contributed by atoms with Gasteiger partial charge in [-0.1, -0.05) is 18.2 Å². The molecule has 1 unspecified atom stereocenters. The number of rotatable bonds is 5. The van der Waals surface area contributed by atoms with Gasteiger partial charge in [-0.25, -0.2) is 0 Å². The smallest absolute Gasteiger partial charge is 0.0266 e. The van der Waals surface area contributed by atoms with Crippen LogP contribution in [0.3, 0.4) is 0 Å². The van der Waals surface area contributed by atoms with Crippen molar-refractivity contribution in [3.8, 4) is 0 Å². The normalized spacial score (nSPS) is 12.4. The number of nitrogens with two attached hydrogens (primary N) is 1. The summed E-state index contributed by atoms with van der Waals surface area (Å²) >= 11 is 1.85. The summed E-state index contributed by atoms with van der Waals surface area (Å²) < 4.78 is 0. The van der Waals surface area contributed by atoms with Gasteiger partial charge in [0.2, 0.25) is 0 Å². The molecule has 2 N–H and O–H groups in total. The van der Waals surface area contributed by atoms with E-state index in [9.17, 15) is 0 Å². The second-order valence-corrected chi connectivity index (χ2v) is 4.45. The standard InChI is InChI=1S/C12H17NS/c1-3-4-9-14-12-7-5-11(6-8-12)10(2)13/h3,5-8,10H,1,4,9,13H2,2H3. The Kier molecular flexibility index (Phi) is 4.77. The van der Waals surface area contributed by atoms with Crippen molar-refractivity contribution in [2.24, 2.45) is 5.73 Å². The van der Waals surface area contributed by atoms with Crippen LogP contribution < -0.4 is 5.73 Å². The van der Waals surface area contributed by atoms with Crippen LogP contribution in [0.1, 0.15) is 24.9 Å². The van der Waals surface area contributed by atoms with Crippen LogP contribution in [0.25, 0.3) is 0 Å². The molecule has 0 heterocycles. The van der Waals surface area contributed by atoms with Crippen LogP contribution in [0.4, 0.5) is 0 Å². The van der Waals surface area contributed by atoms with Gasteiger partial charge in [0.15, 0.2) is 0 Å². The van der Waals surface area contributed by atoms with Gasteiger partial charge in [0.05, 0.1) is 0 Å². The molecule has 1 nitrogen and oxygen atoms in total. The summed E-state index contributed by atoms with van der Waals surface area (Å²) in [5.41, 5.74) is 6.96. The molecule has 76 valence electrons. The van der Waals surface area contributed by atoms with E-state index in [1.807, 2.05) is 24.8 Å². The Bertz CT molecular complexity index is 277. The van der Waals surface area contributed by atoms with Gasteiger partial charge < -0.3 is 5.73 Å². The van der Waals surface area contributed by atoms with E-state index in [-0.39, 0.29) is 6.04 Å². The molecular weight excluding hydrogens is 190 g/mol. The zero-order valence-corrected chi connectivity index (χ0v) is 9.39. The van der Waals surface area contributed by atoms with Crippen LogP contribution in [-0.2, 0) is 0 Å². The third kappa shape index (κ3) is 3.56. The van der Waals surface area contributed by atoms with Crippen LogP contribution >= 0.6 is 11.8 Å². The third-order valence-corrected chi connectivity index (χ3v) is 3.04. The van der Waals surface area contributed by atoms with Crippen LogP contribution in [0.15, 0.2) is 41.8 Å². The summed E-state index contributed by atoms with van der Waals surface area (Å²) in [5, 5.41) is 0. The van der Waals surface area contributed by atoms with Crippen molar-refractivity contribution in [2.75, 3.05) is 5.75 Å². The van der Waals surface area contributed by atoms with Crippen LogP contribution in [0.2, 0.25) is 0 Å². The molecular formula is C12H17NS. The summed E-state index contributed by atoms with van der Waals surface area (Å²) in [4.78, 5) is 1.30. The quantitative estimate of drug-likeness (QED) is 0.455. The monoisotopic (exact) mass is 207 g/mol. The number of thioether (sulfide) groups is 1. The molecule has 1 aromatic carbocycles. The minimum atomic E-state index is 0.127. The number of hydrogen-bond donors (Lipinski definition) is 1. The van der Waals surface area contributed by atoms with Crippen molar-refractivity contribution in [1.82, 2.24) is 0 Å². The van der Waals surface area contributed by atoms with Gasteiger partial charge in [-0.3, -0.25) is 0 Å². The second-order valence-electron chi connectivity index (χ2n) is 3.28. The fraction of sp³-hybridized carbons (Fsp3) is 0.333. The largest absolute Gasteiger partial charge is 0.324 e. The summed E-state index contributed by atoms with van der Waals surface area (Å²) in [6.45, 7) is 5.70. The summed E-state index contributed by atoms with van der Waals surface area (Å²) in [6, 6.07) is 8.59.